The Labute approximate surface area is 117 Å². The number of pyridine rings is 1. The molecule has 2 heterocycles. The second-order valence-electron chi connectivity index (χ2n) is 4.92. The normalized spacial score (nSPS) is 11.2. The smallest absolute Gasteiger partial charge is 0.137 e. The highest BCUT2D eigenvalue weighted by molar-refractivity contribution is 6.30. The van der Waals surface area contributed by atoms with Crippen LogP contribution < -0.4 is 0 Å². The highest BCUT2D eigenvalue weighted by Crippen LogP contribution is 2.27. The second kappa shape index (κ2) is 4.39. The number of fused-ring (bicyclic) bond motifs is 1. The molecule has 0 aliphatic rings. The molecule has 0 atom stereocenters. The number of aromatic nitrogens is 2. The van der Waals surface area contributed by atoms with Crippen LogP contribution in [0.5, 0.6) is 0 Å². The third-order valence-electron chi connectivity index (χ3n) is 3.34. The number of rotatable bonds is 1. The van der Waals surface area contributed by atoms with Crippen LogP contribution in [0.25, 0.3) is 16.9 Å². The molecule has 96 valence electrons. The average Bonchev–Trinajstić information content (AvgIpc) is 2.66. The lowest BCUT2D eigenvalue weighted by Crippen LogP contribution is -1.95. The largest absolute Gasteiger partial charge is 0.297 e. The van der Waals surface area contributed by atoms with E-state index in [0.717, 1.165) is 27.6 Å². The Bertz CT molecular complexity index is 755. The van der Waals surface area contributed by atoms with Crippen LogP contribution in [0.3, 0.4) is 0 Å². The highest BCUT2D eigenvalue weighted by atomic mass is 35.5. The molecule has 19 heavy (non-hydrogen) atoms. The minimum Gasteiger partial charge on any atom is -0.297 e. The van der Waals surface area contributed by atoms with Crippen LogP contribution in [0.4, 0.5) is 0 Å². The summed E-state index contributed by atoms with van der Waals surface area (Å²) in [6, 6.07) is 12.2. The summed E-state index contributed by atoms with van der Waals surface area (Å²) < 4.78 is 2.20. The fourth-order valence-electron chi connectivity index (χ4n) is 2.59. The Balaban J connectivity index is 2.34. The van der Waals surface area contributed by atoms with Crippen LogP contribution in [0.1, 0.15) is 17.0 Å². The number of halogens is 1. The van der Waals surface area contributed by atoms with Crippen molar-refractivity contribution in [2.75, 3.05) is 0 Å². The third kappa shape index (κ3) is 2.02. The van der Waals surface area contributed by atoms with Crippen molar-refractivity contribution in [1.82, 2.24) is 9.38 Å². The molecular formula is C16H15ClN2. The lowest BCUT2D eigenvalue weighted by atomic mass is 10.1. The number of benzene rings is 1. The van der Waals surface area contributed by atoms with Crippen molar-refractivity contribution in [3.63, 3.8) is 0 Å². The van der Waals surface area contributed by atoms with Gasteiger partial charge in [0.25, 0.3) is 0 Å². The van der Waals surface area contributed by atoms with Gasteiger partial charge in [-0.2, -0.15) is 0 Å². The van der Waals surface area contributed by atoms with Crippen molar-refractivity contribution in [1.29, 1.82) is 0 Å². The number of aryl methyl sites for hydroxylation is 3. The quantitative estimate of drug-likeness (QED) is 0.633. The summed E-state index contributed by atoms with van der Waals surface area (Å²) in [5.74, 6) is 0. The summed E-state index contributed by atoms with van der Waals surface area (Å²) >= 11 is 5.96. The number of hydrogen-bond acceptors (Lipinski definition) is 1. The van der Waals surface area contributed by atoms with Gasteiger partial charge in [-0.05, 0) is 50.6 Å². The van der Waals surface area contributed by atoms with Crippen molar-refractivity contribution in [2.24, 2.45) is 0 Å². The molecule has 0 spiro atoms. The van der Waals surface area contributed by atoms with E-state index < -0.39 is 0 Å². The van der Waals surface area contributed by atoms with Crippen molar-refractivity contribution in [3.05, 3.63) is 58.4 Å². The first kappa shape index (κ1) is 12.2. The van der Waals surface area contributed by atoms with Gasteiger partial charge in [0.05, 0.1) is 11.4 Å². The third-order valence-corrected chi connectivity index (χ3v) is 3.59. The lowest BCUT2D eigenvalue weighted by molar-refractivity contribution is 1.09. The molecule has 3 rings (SSSR count). The van der Waals surface area contributed by atoms with Crippen molar-refractivity contribution >= 4 is 17.2 Å². The fraction of sp³-hybridized carbons (Fsp3) is 0.188. The van der Waals surface area contributed by atoms with Gasteiger partial charge in [0.2, 0.25) is 0 Å². The number of imidazole rings is 1. The average molecular weight is 271 g/mol. The first-order valence-electron chi connectivity index (χ1n) is 6.28. The Morgan fingerprint density at radius 3 is 2.37 bits per heavy atom. The van der Waals surface area contributed by atoms with Crippen LogP contribution in [0.2, 0.25) is 5.02 Å². The molecule has 0 aliphatic heterocycles. The van der Waals surface area contributed by atoms with E-state index >= 15 is 0 Å². The molecule has 0 aliphatic carbocycles. The maximum Gasteiger partial charge on any atom is 0.137 e. The molecule has 0 bridgehead atoms. The molecular weight excluding hydrogens is 256 g/mol. The first-order valence-corrected chi connectivity index (χ1v) is 6.66. The van der Waals surface area contributed by atoms with E-state index in [2.05, 4.69) is 35.4 Å². The number of hydrogen-bond donors (Lipinski definition) is 0. The Kier molecular flexibility index (Phi) is 2.83. The van der Waals surface area contributed by atoms with Gasteiger partial charge in [-0.3, -0.25) is 4.40 Å². The van der Waals surface area contributed by atoms with Crippen LogP contribution in [-0.4, -0.2) is 9.38 Å². The van der Waals surface area contributed by atoms with E-state index in [4.69, 9.17) is 11.6 Å². The molecule has 0 saturated heterocycles. The van der Waals surface area contributed by atoms with E-state index in [1.165, 1.54) is 11.3 Å². The summed E-state index contributed by atoms with van der Waals surface area (Å²) in [5.41, 5.74) is 6.75. The molecule has 0 unspecified atom stereocenters. The summed E-state index contributed by atoms with van der Waals surface area (Å²) in [6.45, 7) is 6.26. The standard InChI is InChI=1S/C16H15ClN2/c1-10-8-11(2)19-15(9-10)18-12(3)16(19)13-4-6-14(17)7-5-13/h4-9H,1-3H3. The second-order valence-corrected chi connectivity index (χ2v) is 5.36. The topological polar surface area (TPSA) is 17.3 Å². The maximum atomic E-state index is 5.96. The van der Waals surface area contributed by atoms with Crippen LogP contribution in [-0.2, 0) is 0 Å². The van der Waals surface area contributed by atoms with Crippen molar-refractivity contribution in [3.8, 4) is 11.3 Å². The van der Waals surface area contributed by atoms with Crippen LogP contribution in [0, 0.1) is 20.8 Å². The summed E-state index contributed by atoms with van der Waals surface area (Å²) in [4.78, 5) is 4.66. The van der Waals surface area contributed by atoms with Crippen molar-refractivity contribution < 1.29 is 0 Å². The first-order chi connectivity index (χ1) is 9.06. The van der Waals surface area contributed by atoms with Gasteiger partial charge in [0.15, 0.2) is 0 Å². The summed E-state index contributed by atoms with van der Waals surface area (Å²) in [7, 11) is 0. The Hall–Kier alpha value is -1.80. The van der Waals surface area contributed by atoms with Gasteiger partial charge in [-0.15, -0.1) is 0 Å². The summed E-state index contributed by atoms with van der Waals surface area (Å²) in [6.07, 6.45) is 0. The molecule has 1 aromatic carbocycles. The molecule has 2 nitrogen and oxygen atoms in total. The minimum atomic E-state index is 0.753. The molecule has 0 N–H and O–H groups in total. The monoisotopic (exact) mass is 270 g/mol. The van der Waals surface area contributed by atoms with Crippen LogP contribution >= 0.6 is 11.6 Å². The van der Waals surface area contributed by atoms with E-state index in [0.29, 0.717) is 0 Å². The molecule has 0 radical (unpaired) electrons. The fourth-order valence-corrected chi connectivity index (χ4v) is 2.72. The molecule has 3 heteroatoms. The van der Waals surface area contributed by atoms with Crippen molar-refractivity contribution in [2.45, 2.75) is 20.8 Å². The van der Waals surface area contributed by atoms with E-state index in [1.807, 2.05) is 31.2 Å². The van der Waals surface area contributed by atoms with Gasteiger partial charge in [-0.25, -0.2) is 4.98 Å². The summed E-state index contributed by atoms with van der Waals surface area (Å²) in [5, 5.41) is 0.753. The zero-order valence-electron chi connectivity index (χ0n) is 11.2. The van der Waals surface area contributed by atoms with Gasteiger partial charge < -0.3 is 0 Å². The zero-order chi connectivity index (χ0) is 13.6. The van der Waals surface area contributed by atoms with Gasteiger partial charge in [-0.1, -0.05) is 23.7 Å². The molecule has 3 aromatic rings. The maximum absolute atomic E-state index is 5.96. The SMILES string of the molecule is Cc1cc(C)n2c(-c3ccc(Cl)cc3)c(C)nc2c1. The zero-order valence-corrected chi connectivity index (χ0v) is 12.0. The van der Waals surface area contributed by atoms with E-state index in [9.17, 15) is 0 Å². The highest BCUT2D eigenvalue weighted by Gasteiger charge is 2.12. The van der Waals surface area contributed by atoms with E-state index in [1.54, 1.807) is 0 Å². The Morgan fingerprint density at radius 1 is 1.00 bits per heavy atom. The molecule has 0 amide bonds. The molecule has 0 saturated carbocycles. The number of nitrogens with zero attached hydrogens (tertiary/aromatic N) is 2. The minimum absolute atomic E-state index is 0.753. The molecule has 0 fully saturated rings. The predicted octanol–water partition coefficient (Wildman–Crippen LogP) is 4.58. The predicted molar refractivity (Wildman–Crippen MR) is 79.8 cm³/mol. The van der Waals surface area contributed by atoms with Gasteiger partial charge in [0, 0.05) is 16.3 Å². The Morgan fingerprint density at radius 2 is 1.68 bits per heavy atom. The van der Waals surface area contributed by atoms with Crippen LogP contribution in [0.15, 0.2) is 36.4 Å². The van der Waals surface area contributed by atoms with Gasteiger partial charge in [0.1, 0.15) is 5.65 Å². The van der Waals surface area contributed by atoms with E-state index in [-0.39, 0.29) is 0 Å². The molecule has 2 aromatic heterocycles. The van der Waals surface area contributed by atoms with Gasteiger partial charge >= 0.3 is 0 Å². The lowest BCUT2D eigenvalue weighted by Gasteiger charge is -2.08.